The van der Waals surface area contributed by atoms with Crippen molar-refractivity contribution in [3.8, 4) is 11.4 Å². The second-order valence-corrected chi connectivity index (χ2v) is 9.91. The van der Waals surface area contributed by atoms with E-state index in [1.807, 2.05) is 18.0 Å². The zero-order valence-corrected chi connectivity index (χ0v) is 18.1. The lowest BCUT2D eigenvalue weighted by molar-refractivity contribution is 0.531. The second kappa shape index (κ2) is 8.69. The molecule has 1 saturated carbocycles. The first-order chi connectivity index (χ1) is 14.7. The van der Waals surface area contributed by atoms with Crippen molar-refractivity contribution in [3.05, 3.63) is 35.5 Å². The lowest BCUT2D eigenvalue weighted by atomic mass is 10.1. The first-order valence-corrected chi connectivity index (χ1v) is 11.7. The lowest BCUT2D eigenvalue weighted by Gasteiger charge is -2.19. The minimum Gasteiger partial charge on any atom is -0.367 e. The lowest BCUT2D eigenvalue weighted by Crippen LogP contribution is -2.20. The molecule has 3 aromatic heterocycles. The van der Waals surface area contributed by atoms with Gasteiger partial charge in [0.2, 0.25) is 0 Å². The topological polar surface area (TPSA) is 69.7 Å². The van der Waals surface area contributed by atoms with E-state index in [1.165, 1.54) is 31.9 Å². The van der Waals surface area contributed by atoms with E-state index >= 15 is 0 Å². The van der Waals surface area contributed by atoms with Crippen molar-refractivity contribution in [1.82, 2.24) is 24.2 Å². The highest BCUT2D eigenvalue weighted by molar-refractivity contribution is 7.97. The van der Waals surface area contributed by atoms with Crippen LogP contribution in [-0.4, -0.2) is 49.1 Å². The Morgan fingerprint density at radius 2 is 2.10 bits per heavy atom. The fourth-order valence-electron chi connectivity index (χ4n) is 4.29. The number of hydrogen-bond donors (Lipinski definition) is 2. The second-order valence-electron chi connectivity index (χ2n) is 8.08. The Kier molecular flexibility index (Phi) is 5.80. The third-order valence-electron chi connectivity index (χ3n) is 5.89. The first-order valence-electron chi connectivity index (χ1n) is 10.5. The van der Waals surface area contributed by atoms with Gasteiger partial charge in [-0.25, -0.2) is 19.3 Å². The van der Waals surface area contributed by atoms with E-state index in [0.717, 1.165) is 35.7 Å². The Labute approximate surface area is 184 Å². The van der Waals surface area contributed by atoms with Gasteiger partial charge in [0.05, 0.1) is 11.2 Å². The number of nitrogens with zero attached hydrogens (tertiary/aromatic N) is 4. The molecule has 1 aliphatic carbocycles. The Balaban J connectivity index is 1.26. The number of nitrogens with one attached hydrogen (secondary N) is 2. The van der Waals surface area contributed by atoms with Crippen LogP contribution in [0.15, 0.2) is 24.7 Å². The van der Waals surface area contributed by atoms with Crippen LogP contribution in [0.2, 0.25) is 5.02 Å². The summed E-state index contributed by atoms with van der Waals surface area (Å²) in [7, 11) is 0. The van der Waals surface area contributed by atoms with Gasteiger partial charge in [0.25, 0.3) is 0 Å². The molecule has 2 fully saturated rings. The van der Waals surface area contributed by atoms with Crippen molar-refractivity contribution in [2.45, 2.75) is 37.4 Å². The molecule has 0 amide bonds. The van der Waals surface area contributed by atoms with Crippen molar-refractivity contribution in [1.29, 1.82) is 0 Å². The van der Waals surface area contributed by atoms with Crippen LogP contribution in [0.4, 0.5) is 10.2 Å². The van der Waals surface area contributed by atoms with Gasteiger partial charge in [0.15, 0.2) is 17.5 Å². The maximum atomic E-state index is 14.4. The number of aromatic nitrogens is 4. The molecule has 1 atom stereocenters. The molecular weight excluding hydrogens is 423 g/mol. The molecule has 30 heavy (non-hydrogen) atoms. The zero-order valence-electron chi connectivity index (χ0n) is 16.6. The number of hydrogen-bond acceptors (Lipinski definition) is 6. The molecule has 2 N–H and O–H groups in total. The summed E-state index contributed by atoms with van der Waals surface area (Å²) in [5.74, 6) is 0.739. The zero-order chi connectivity index (χ0) is 20.5. The van der Waals surface area contributed by atoms with Gasteiger partial charge in [-0.05, 0) is 31.2 Å². The van der Waals surface area contributed by atoms with Crippen LogP contribution in [-0.2, 0) is 0 Å². The third kappa shape index (κ3) is 4.26. The summed E-state index contributed by atoms with van der Waals surface area (Å²) in [6.07, 6.45) is 11.1. The average molecular weight is 447 g/mol. The van der Waals surface area contributed by atoms with E-state index in [-0.39, 0.29) is 5.82 Å². The Hall–Kier alpha value is -1.90. The molecule has 9 heteroatoms. The van der Waals surface area contributed by atoms with E-state index in [4.69, 9.17) is 11.6 Å². The largest absolute Gasteiger partial charge is 0.367 e. The van der Waals surface area contributed by atoms with Crippen molar-refractivity contribution < 1.29 is 4.39 Å². The van der Waals surface area contributed by atoms with Gasteiger partial charge in [-0.3, -0.25) is 4.31 Å². The Bertz CT molecular complexity index is 1040. The van der Waals surface area contributed by atoms with E-state index in [0.29, 0.717) is 29.0 Å². The maximum absolute atomic E-state index is 14.4. The number of H-pyrrole nitrogens is 1. The molecule has 1 unspecified atom stereocenters. The van der Waals surface area contributed by atoms with E-state index in [1.54, 1.807) is 12.4 Å². The van der Waals surface area contributed by atoms with Gasteiger partial charge < -0.3 is 10.3 Å². The SMILES string of the molecule is Fc1cnc(-c2c[nH]c3ncc(Cl)cc23)nc1NCC1CCN(SC2CCCC2)C1. The highest BCUT2D eigenvalue weighted by Crippen LogP contribution is 2.35. The first kappa shape index (κ1) is 20.0. The molecule has 1 saturated heterocycles. The predicted molar refractivity (Wildman–Crippen MR) is 120 cm³/mol. The van der Waals surface area contributed by atoms with Crippen LogP contribution in [0.5, 0.6) is 0 Å². The monoisotopic (exact) mass is 446 g/mol. The molecule has 0 bridgehead atoms. The molecular formula is C21H24ClFN6S. The van der Waals surface area contributed by atoms with Crippen LogP contribution in [0, 0.1) is 11.7 Å². The molecule has 1 aliphatic heterocycles. The van der Waals surface area contributed by atoms with Gasteiger partial charge in [-0.1, -0.05) is 36.4 Å². The molecule has 158 valence electrons. The fraction of sp³-hybridized carbons (Fsp3) is 0.476. The number of fused-ring (bicyclic) bond motifs is 1. The summed E-state index contributed by atoms with van der Waals surface area (Å²) in [6, 6.07) is 1.81. The molecule has 0 aromatic carbocycles. The highest BCUT2D eigenvalue weighted by Gasteiger charge is 2.27. The van der Waals surface area contributed by atoms with Crippen LogP contribution in [0.3, 0.4) is 0 Å². The average Bonchev–Trinajstić information content (AvgIpc) is 3.49. The minimum absolute atomic E-state index is 0.242. The Morgan fingerprint density at radius 1 is 1.23 bits per heavy atom. The molecule has 0 radical (unpaired) electrons. The number of halogens is 2. The quantitative estimate of drug-likeness (QED) is 0.511. The van der Waals surface area contributed by atoms with Crippen LogP contribution < -0.4 is 5.32 Å². The summed E-state index contributed by atoms with van der Waals surface area (Å²) in [5, 5.41) is 5.35. The number of aromatic amines is 1. The minimum atomic E-state index is -0.440. The van der Waals surface area contributed by atoms with Gasteiger partial charge in [-0.2, -0.15) is 0 Å². The molecule has 3 aromatic rings. The smallest absolute Gasteiger partial charge is 0.183 e. The summed E-state index contributed by atoms with van der Waals surface area (Å²) < 4.78 is 16.9. The van der Waals surface area contributed by atoms with E-state index in [9.17, 15) is 4.39 Å². The summed E-state index contributed by atoms with van der Waals surface area (Å²) in [4.78, 5) is 16.0. The van der Waals surface area contributed by atoms with E-state index < -0.39 is 5.82 Å². The maximum Gasteiger partial charge on any atom is 0.183 e. The van der Waals surface area contributed by atoms with Crippen molar-refractivity contribution >= 4 is 40.4 Å². The van der Waals surface area contributed by atoms with Crippen molar-refractivity contribution in [2.75, 3.05) is 25.0 Å². The van der Waals surface area contributed by atoms with Gasteiger partial charge >= 0.3 is 0 Å². The molecule has 5 rings (SSSR count). The van der Waals surface area contributed by atoms with Crippen LogP contribution >= 0.6 is 23.5 Å². The number of anilines is 1. The number of pyridine rings is 1. The molecule has 6 nitrogen and oxygen atoms in total. The number of rotatable bonds is 6. The third-order valence-corrected chi connectivity index (χ3v) is 7.50. The fourth-order valence-corrected chi connectivity index (χ4v) is 5.92. The molecule has 2 aliphatic rings. The van der Waals surface area contributed by atoms with Crippen LogP contribution in [0.1, 0.15) is 32.1 Å². The standard InChI is InChI=1S/C21H24ClFN6S/c22-14-7-16-17(10-26-19(16)25-9-14)20-27-11-18(23)21(28-20)24-8-13-5-6-29(12-13)30-15-3-1-2-4-15/h7,9-11,13,15H,1-6,8,12H2,(H,25,26)(H,24,27,28). The van der Waals surface area contributed by atoms with Gasteiger partial charge in [-0.15, -0.1) is 0 Å². The Morgan fingerprint density at radius 3 is 2.97 bits per heavy atom. The van der Waals surface area contributed by atoms with Gasteiger partial charge in [0.1, 0.15) is 5.65 Å². The van der Waals surface area contributed by atoms with E-state index in [2.05, 4.69) is 29.6 Å². The van der Waals surface area contributed by atoms with Crippen molar-refractivity contribution in [2.24, 2.45) is 5.92 Å². The highest BCUT2D eigenvalue weighted by atomic mass is 35.5. The summed E-state index contributed by atoms with van der Waals surface area (Å²) >= 11 is 8.12. The van der Waals surface area contributed by atoms with Crippen molar-refractivity contribution in [3.63, 3.8) is 0 Å². The normalized spacial score (nSPS) is 20.4. The molecule has 0 spiro atoms. The van der Waals surface area contributed by atoms with Gasteiger partial charge in [0, 0.05) is 48.2 Å². The van der Waals surface area contributed by atoms with Crippen LogP contribution in [0.25, 0.3) is 22.4 Å². The predicted octanol–water partition coefficient (Wildman–Crippen LogP) is 5.14. The molecule has 4 heterocycles. The summed E-state index contributed by atoms with van der Waals surface area (Å²) in [5.41, 5.74) is 1.45. The summed E-state index contributed by atoms with van der Waals surface area (Å²) in [6.45, 7) is 2.85.